The third-order valence-electron chi connectivity index (χ3n) is 2.84. The maximum atomic E-state index is 8.82. The Bertz CT molecular complexity index is 477. The molecule has 1 heterocycles. The number of aliphatic hydroxyl groups excluding tert-OH is 1. The lowest BCUT2D eigenvalue weighted by Crippen LogP contribution is -2.06. The number of imidazole rings is 1. The van der Waals surface area contributed by atoms with Gasteiger partial charge >= 0.3 is 0 Å². The van der Waals surface area contributed by atoms with Crippen molar-refractivity contribution in [2.24, 2.45) is 7.05 Å². The second kappa shape index (κ2) is 6.21. The summed E-state index contributed by atoms with van der Waals surface area (Å²) in [6.07, 6.45) is 5.20. The van der Waals surface area contributed by atoms with Crippen LogP contribution in [0.25, 0.3) is 0 Å². The van der Waals surface area contributed by atoms with Crippen molar-refractivity contribution in [3.05, 3.63) is 48.0 Å². The Labute approximate surface area is 107 Å². The molecule has 0 fully saturated rings. The predicted molar refractivity (Wildman–Crippen MR) is 69.6 cm³/mol. The minimum atomic E-state index is 0.180. The minimum Gasteiger partial charge on any atom is -0.493 e. The monoisotopic (exact) mass is 246 g/mol. The van der Waals surface area contributed by atoms with Crippen LogP contribution in [0.1, 0.15) is 11.4 Å². The van der Waals surface area contributed by atoms with E-state index in [2.05, 4.69) is 4.98 Å². The summed E-state index contributed by atoms with van der Waals surface area (Å²) in [5, 5.41) is 8.82. The van der Waals surface area contributed by atoms with E-state index in [1.54, 1.807) is 6.20 Å². The molecule has 0 atom stereocenters. The zero-order chi connectivity index (χ0) is 12.8. The number of benzene rings is 1. The van der Waals surface area contributed by atoms with Crippen LogP contribution in [-0.2, 0) is 19.9 Å². The maximum absolute atomic E-state index is 8.82. The molecule has 1 N–H and O–H groups in total. The number of hydrogen-bond acceptors (Lipinski definition) is 3. The zero-order valence-corrected chi connectivity index (χ0v) is 10.5. The topological polar surface area (TPSA) is 47.3 Å². The van der Waals surface area contributed by atoms with Crippen molar-refractivity contribution in [1.29, 1.82) is 0 Å². The number of aromatic nitrogens is 2. The number of rotatable bonds is 6. The molecule has 0 aliphatic heterocycles. The standard InChI is InChI=1S/C14H18N2O2/c1-16-9-8-15-14(16)7-11-18-13-4-2-12(3-5-13)6-10-17/h2-5,8-9,17H,6-7,10-11H2,1H3. The van der Waals surface area contributed by atoms with E-state index in [0.29, 0.717) is 13.0 Å². The first-order valence-electron chi connectivity index (χ1n) is 6.08. The van der Waals surface area contributed by atoms with E-state index in [4.69, 9.17) is 9.84 Å². The molecule has 96 valence electrons. The molecule has 4 heteroatoms. The van der Waals surface area contributed by atoms with Gasteiger partial charge in [0.15, 0.2) is 0 Å². The highest BCUT2D eigenvalue weighted by Crippen LogP contribution is 2.12. The van der Waals surface area contributed by atoms with Crippen LogP contribution < -0.4 is 4.74 Å². The van der Waals surface area contributed by atoms with Crippen LogP contribution in [0, 0.1) is 0 Å². The Kier molecular flexibility index (Phi) is 4.36. The Balaban J connectivity index is 1.81. The van der Waals surface area contributed by atoms with Gasteiger partial charge in [-0.05, 0) is 24.1 Å². The molecule has 1 aromatic carbocycles. The van der Waals surface area contributed by atoms with Crippen LogP contribution in [0.3, 0.4) is 0 Å². The van der Waals surface area contributed by atoms with Gasteiger partial charge in [0.05, 0.1) is 6.61 Å². The molecule has 0 aliphatic carbocycles. The molecule has 1 aromatic heterocycles. The molecule has 18 heavy (non-hydrogen) atoms. The first kappa shape index (κ1) is 12.6. The first-order valence-corrected chi connectivity index (χ1v) is 6.08. The molecule has 0 bridgehead atoms. The second-order valence-electron chi connectivity index (χ2n) is 4.17. The van der Waals surface area contributed by atoms with E-state index < -0.39 is 0 Å². The van der Waals surface area contributed by atoms with E-state index in [0.717, 1.165) is 23.6 Å². The van der Waals surface area contributed by atoms with Crippen molar-refractivity contribution in [2.45, 2.75) is 12.8 Å². The van der Waals surface area contributed by atoms with E-state index >= 15 is 0 Å². The third-order valence-corrected chi connectivity index (χ3v) is 2.84. The van der Waals surface area contributed by atoms with Gasteiger partial charge in [-0.3, -0.25) is 0 Å². The van der Waals surface area contributed by atoms with Gasteiger partial charge in [-0.2, -0.15) is 0 Å². The van der Waals surface area contributed by atoms with E-state index in [9.17, 15) is 0 Å². The van der Waals surface area contributed by atoms with Crippen molar-refractivity contribution in [2.75, 3.05) is 13.2 Å². The number of hydrogen-bond donors (Lipinski definition) is 1. The maximum Gasteiger partial charge on any atom is 0.119 e. The number of aryl methyl sites for hydroxylation is 1. The second-order valence-corrected chi connectivity index (χ2v) is 4.17. The van der Waals surface area contributed by atoms with Crippen molar-refractivity contribution in [3.8, 4) is 5.75 Å². The van der Waals surface area contributed by atoms with Crippen molar-refractivity contribution in [3.63, 3.8) is 0 Å². The van der Waals surface area contributed by atoms with Gasteiger partial charge in [0.25, 0.3) is 0 Å². The molecular formula is C14H18N2O2. The Morgan fingerprint density at radius 2 is 2.00 bits per heavy atom. The van der Waals surface area contributed by atoms with Gasteiger partial charge in [-0.1, -0.05) is 12.1 Å². The SMILES string of the molecule is Cn1ccnc1CCOc1ccc(CCO)cc1. The van der Waals surface area contributed by atoms with Crippen LogP contribution in [0.4, 0.5) is 0 Å². The van der Waals surface area contributed by atoms with Gasteiger partial charge < -0.3 is 14.4 Å². The highest BCUT2D eigenvalue weighted by molar-refractivity contribution is 5.27. The van der Waals surface area contributed by atoms with Crippen LogP contribution in [0.2, 0.25) is 0 Å². The van der Waals surface area contributed by atoms with E-state index in [1.807, 2.05) is 42.1 Å². The highest BCUT2D eigenvalue weighted by atomic mass is 16.5. The molecule has 0 aliphatic rings. The summed E-state index contributed by atoms with van der Waals surface area (Å²) in [5.74, 6) is 1.87. The van der Waals surface area contributed by atoms with Gasteiger partial charge in [0.2, 0.25) is 0 Å². The summed E-state index contributed by atoms with van der Waals surface area (Å²) in [6.45, 7) is 0.795. The highest BCUT2D eigenvalue weighted by Gasteiger charge is 2.00. The molecular weight excluding hydrogens is 228 g/mol. The Morgan fingerprint density at radius 1 is 1.22 bits per heavy atom. The number of aliphatic hydroxyl groups is 1. The molecule has 0 amide bonds. The smallest absolute Gasteiger partial charge is 0.119 e. The third kappa shape index (κ3) is 3.34. The number of ether oxygens (including phenoxy) is 1. The van der Waals surface area contributed by atoms with Gasteiger partial charge in [-0.25, -0.2) is 4.98 Å². The fourth-order valence-electron chi connectivity index (χ4n) is 1.78. The lowest BCUT2D eigenvalue weighted by atomic mass is 10.1. The predicted octanol–water partition coefficient (Wildman–Crippen LogP) is 1.58. The van der Waals surface area contributed by atoms with Crippen LogP contribution in [-0.4, -0.2) is 27.9 Å². The molecule has 0 saturated carbocycles. The van der Waals surface area contributed by atoms with Crippen molar-refractivity contribution in [1.82, 2.24) is 9.55 Å². The van der Waals surface area contributed by atoms with Gasteiger partial charge in [0.1, 0.15) is 11.6 Å². The Hall–Kier alpha value is -1.81. The lowest BCUT2D eigenvalue weighted by Gasteiger charge is -2.07. The fraction of sp³-hybridized carbons (Fsp3) is 0.357. The Morgan fingerprint density at radius 3 is 2.61 bits per heavy atom. The molecule has 2 aromatic rings. The van der Waals surface area contributed by atoms with Crippen molar-refractivity contribution < 1.29 is 9.84 Å². The fourth-order valence-corrected chi connectivity index (χ4v) is 1.78. The molecule has 0 radical (unpaired) electrons. The molecule has 0 unspecified atom stereocenters. The molecule has 0 spiro atoms. The quantitative estimate of drug-likeness (QED) is 0.841. The first-order chi connectivity index (χ1) is 8.79. The van der Waals surface area contributed by atoms with Crippen molar-refractivity contribution >= 4 is 0 Å². The largest absolute Gasteiger partial charge is 0.493 e. The summed E-state index contributed by atoms with van der Waals surface area (Å²) in [5.41, 5.74) is 1.12. The average molecular weight is 246 g/mol. The summed E-state index contributed by atoms with van der Waals surface area (Å²) >= 11 is 0. The summed E-state index contributed by atoms with van der Waals surface area (Å²) in [6, 6.07) is 7.82. The minimum absolute atomic E-state index is 0.180. The summed E-state index contributed by atoms with van der Waals surface area (Å²) < 4.78 is 7.65. The average Bonchev–Trinajstić information content (AvgIpc) is 2.78. The summed E-state index contributed by atoms with van der Waals surface area (Å²) in [4.78, 5) is 4.24. The normalized spacial score (nSPS) is 10.6. The zero-order valence-electron chi connectivity index (χ0n) is 10.5. The lowest BCUT2D eigenvalue weighted by molar-refractivity contribution is 0.299. The molecule has 4 nitrogen and oxygen atoms in total. The van der Waals surface area contributed by atoms with Gasteiger partial charge in [-0.15, -0.1) is 0 Å². The molecule has 2 rings (SSSR count). The van der Waals surface area contributed by atoms with Gasteiger partial charge in [0, 0.05) is 32.5 Å². The van der Waals surface area contributed by atoms with Crippen LogP contribution in [0.5, 0.6) is 5.75 Å². The van der Waals surface area contributed by atoms with E-state index in [-0.39, 0.29) is 6.61 Å². The van der Waals surface area contributed by atoms with E-state index in [1.165, 1.54) is 0 Å². The van der Waals surface area contributed by atoms with Crippen LogP contribution >= 0.6 is 0 Å². The van der Waals surface area contributed by atoms with Crippen LogP contribution in [0.15, 0.2) is 36.7 Å². The number of nitrogens with zero attached hydrogens (tertiary/aromatic N) is 2. The summed E-state index contributed by atoms with van der Waals surface area (Å²) in [7, 11) is 1.98. The molecule has 0 saturated heterocycles.